The Morgan fingerprint density at radius 1 is 1.15 bits per heavy atom. The first-order valence-corrected chi connectivity index (χ1v) is 13.9. The van der Waals surface area contributed by atoms with Crippen molar-refractivity contribution in [3.63, 3.8) is 0 Å². The normalized spacial score (nSPS) is 17.9. The number of ether oxygens (including phenoxy) is 3. The van der Waals surface area contributed by atoms with Gasteiger partial charge in [-0.05, 0) is 55.2 Å². The Morgan fingerprint density at radius 3 is 2.60 bits per heavy atom. The maximum absolute atomic E-state index is 13.5. The Labute approximate surface area is 236 Å². The molecule has 1 saturated heterocycles. The van der Waals surface area contributed by atoms with Gasteiger partial charge in [-0.1, -0.05) is 37.3 Å². The molecule has 1 atom stereocenters. The second-order valence-corrected chi connectivity index (χ2v) is 11.1. The van der Waals surface area contributed by atoms with E-state index in [-0.39, 0.29) is 22.2 Å². The molecule has 1 unspecified atom stereocenters. The number of aryl methyl sites for hydroxylation is 1. The minimum Gasteiger partial charge on any atom is -0.507 e. The number of thiazole rings is 1. The number of aliphatic hydroxyl groups is 1. The first kappa shape index (κ1) is 27.4. The van der Waals surface area contributed by atoms with E-state index in [0.29, 0.717) is 64.7 Å². The fraction of sp³-hybridized carbons (Fsp3) is 0.333. The summed E-state index contributed by atoms with van der Waals surface area (Å²) in [6.07, 6.45) is 0.860. The zero-order valence-corrected chi connectivity index (χ0v) is 23.5. The van der Waals surface area contributed by atoms with Crippen molar-refractivity contribution in [3.8, 4) is 17.2 Å². The molecule has 1 amide bonds. The van der Waals surface area contributed by atoms with E-state index in [2.05, 4.69) is 18.8 Å². The molecule has 0 spiro atoms. The van der Waals surface area contributed by atoms with Crippen molar-refractivity contribution >= 4 is 39.7 Å². The average Bonchev–Trinajstić information content (AvgIpc) is 3.44. The van der Waals surface area contributed by atoms with E-state index in [4.69, 9.17) is 14.2 Å². The number of carbonyl (C=O) groups excluding carboxylic acids is 3. The number of ketones is 2. The van der Waals surface area contributed by atoms with Crippen LogP contribution in [0.5, 0.6) is 17.2 Å². The second-order valence-electron chi connectivity index (χ2n) is 10.1. The molecule has 5 rings (SSSR count). The van der Waals surface area contributed by atoms with Crippen LogP contribution in [0.3, 0.4) is 0 Å². The lowest BCUT2D eigenvalue weighted by Crippen LogP contribution is -2.29. The lowest BCUT2D eigenvalue weighted by molar-refractivity contribution is -0.132. The summed E-state index contributed by atoms with van der Waals surface area (Å²) in [6, 6.07) is 10.9. The molecule has 2 aromatic carbocycles. The van der Waals surface area contributed by atoms with Crippen molar-refractivity contribution in [2.24, 2.45) is 5.92 Å². The van der Waals surface area contributed by atoms with E-state index in [1.165, 1.54) is 11.8 Å². The quantitative estimate of drug-likeness (QED) is 0.166. The number of hydrogen-bond acceptors (Lipinski definition) is 9. The highest BCUT2D eigenvalue weighted by atomic mass is 32.1. The lowest BCUT2D eigenvalue weighted by Gasteiger charge is -2.24. The Hall–Kier alpha value is -4.18. The molecule has 3 heterocycles. The van der Waals surface area contributed by atoms with Gasteiger partial charge >= 0.3 is 5.91 Å². The van der Waals surface area contributed by atoms with E-state index in [1.807, 2.05) is 0 Å². The Bertz CT molecular complexity index is 1520. The van der Waals surface area contributed by atoms with Crippen LogP contribution >= 0.6 is 11.3 Å². The Morgan fingerprint density at radius 2 is 1.90 bits per heavy atom. The van der Waals surface area contributed by atoms with Crippen LogP contribution in [0, 0.1) is 12.8 Å². The number of aromatic nitrogens is 1. The first-order valence-electron chi connectivity index (χ1n) is 13.1. The molecule has 2 aliphatic rings. The molecule has 2 aliphatic heterocycles. The minimum atomic E-state index is -1.01. The van der Waals surface area contributed by atoms with Crippen LogP contribution in [0.1, 0.15) is 59.7 Å². The number of hydrogen-bond donors (Lipinski definition) is 1. The highest BCUT2D eigenvalue weighted by Gasteiger charge is 2.48. The fourth-order valence-corrected chi connectivity index (χ4v) is 5.68. The maximum atomic E-state index is 13.5. The standard InChI is InChI=1S/C30H30N2O7S/c1-16(2)10-11-37-21-7-5-6-19(14-21)25-24(26(34)20-8-9-22-23(15-20)39-13-12-38-22)27(35)29(36)32(25)30-31-17(3)28(40-30)18(4)33/h5-9,14-16,25,34H,10-13H2,1-4H3. The number of carbonyl (C=O) groups is 3. The zero-order chi connectivity index (χ0) is 28.6. The molecule has 10 heteroatoms. The van der Waals surface area contributed by atoms with Crippen molar-refractivity contribution in [3.05, 3.63) is 69.7 Å². The van der Waals surface area contributed by atoms with E-state index in [1.54, 1.807) is 49.4 Å². The molecular weight excluding hydrogens is 532 g/mol. The predicted octanol–water partition coefficient (Wildman–Crippen LogP) is 5.48. The zero-order valence-electron chi connectivity index (χ0n) is 22.7. The minimum absolute atomic E-state index is 0.0989. The van der Waals surface area contributed by atoms with E-state index < -0.39 is 17.7 Å². The summed E-state index contributed by atoms with van der Waals surface area (Å²) in [4.78, 5) is 45.4. The van der Waals surface area contributed by atoms with Gasteiger partial charge in [-0.25, -0.2) is 4.98 Å². The van der Waals surface area contributed by atoms with Gasteiger partial charge in [-0.2, -0.15) is 0 Å². The highest BCUT2D eigenvalue weighted by Crippen LogP contribution is 2.45. The van der Waals surface area contributed by atoms with Gasteiger partial charge in [0.2, 0.25) is 0 Å². The van der Waals surface area contributed by atoms with Crippen LogP contribution in [0.2, 0.25) is 0 Å². The van der Waals surface area contributed by atoms with Gasteiger partial charge in [0.1, 0.15) is 24.7 Å². The van der Waals surface area contributed by atoms with Crippen molar-refractivity contribution in [2.75, 3.05) is 24.7 Å². The molecule has 0 aliphatic carbocycles. The molecular formula is C30H30N2O7S. The number of anilines is 1. The lowest BCUT2D eigenvalue weighted by atomic mass is 9.95. The summed E-state index contributed by atoms with van der Waals surface area (Å²) in [5.41, 5.74) is 1.22. The van der Waals surface area contributed by atoms with Crippen LogP contribution in [-0.4, -0.2) is 47.4 Å². The molecule has 1 fully saturated rings. The third kappa shape index (κ3) is 5.19. The monoisotopic (exact) mass is 562 g/mol. The van der Waals surface area contributed by atoms with Crippen molar-refractivity contribution < 1.29 is 33.7 Å². The summed E-state index contributed by atoms with van der Waals surface area (Å²) in [6.45, 7) is 8.59. The van der Waals surface area contributed by atoms with Gasteiger partial charge in [-0.15, -0.1) is 0 Å². The van der Waals surface area contributed by atoms with Gasteiger partial charge in [0, 0.05) is 12.5 Å². The van der Waals surface area contributed by atoms with Crippen LogP contribution in [0.25, 0.3) is 5.76 Å². The Kier molecular flexibility index (Phi) is 7.62. The van der Waals surface area contributed by atoms with Crippen molar-refractivity contribution in [1.29, 1.82) is 0 Å². The molecule has 0 radical (unpaired) electrons. The first-order chi connectivity index (χ1) is 19.2. The van der Waals surface area contributed by atoms with Gasteiger partial charge in [0.25, 0.3) is 5.78 Å². The van der Waals surface area contributed by atoms with E-state index >= 15 is 0 Å². The summed E-state index contributed by atoms with van der Waals surface area (Å²) >= 11 is 1.04. The second kappa shape index (κ2) is 11.1. The van der Waals surface area contributed by atoms with Gasteiger partial charge < -0.3 is 19.3 Å². The maximum Gasteiger partial charge on any atom is 0.301 e. The number of nitrogens with zero attached hydrogens (tertiary/aromatic N) is 2. The third-order valence-electron chi connectivity index (χ3n) is 6.71. The number of fused-ring (bicyclic) bond motifs is 1. The predicted molar refractivity (Wildman–Crippen MR) is 150 cm³/mol. The highest BCUT2D eigenvalue weighted by molar-refractivity contribution is 7.18. The SMILES string of the molecule is CC(=O)c1sc(N2C(=O)C(=O)C(=C(O)c3ccc4c(c3)OCCO4)C2c2cccc(OCCC(C)C)c2)nc1C. The van der Waals surface area contributed by atoms with Crippen LogP contribution in [0.4, 0.5) is 5.13 Å². The number of aliphatic hydroxyl groups excluding tert-OH is 1. The third-order valence-corrected chi connectivity index (χ3v) is 7.97. The van der Waals surface area contributed by atoms with E-state index in [0.717, 1.165) is 17.8 Å². The van der Waals surface area contributed by atoms with Gasteiger partial charge in [0.05, 0.1) is 28.8 Å². The topological polar surface area (TPSA) is 115 Å². The fourth-order valence-electron chi connectivity index (χ4n) is 4.69. The van der Waals surface area contributed by atoms with E-state index in [9.17, 15) is 19.5 Å². The van der Waals surface area contributed by atoms with Crippen LogP contribution in [-0.2, 0) is 9.59 Å². The molecule has 0 bridgehead atoms. The summed E-state index contributed by atoms with van der Waals surface area (Å²) in [7, 11) is 0. The molecule has 0 saturated carbocycles. The van der Waals surface area contributed by atoms with Crippen molar-refractivity contribution in [2.45, 2.75) is 40.2 Å². The smallest absolute Gasteiger partial charge is 0.301 e. The van der Waals surface area contributed by atoms with Crippen LogP contribution < -0.4 is 19.1 Å². The molecule has 1 aromatic heterocycles. The summed E-state index contributed by atoms with van der Waals surface area (Å²) < 4.78 is 17.2. The average molecular weight is 563 g/mol. The number of rotatable bonds is 8. The molecule has 9 nitrogen and oxygen atoms in total. The molecule has 1 N–H and O–H groups in total. The summed E-state index contributed by atoms with van der Waals surface area (Å²) in [5.74, 6) is -0.253. The van der Waals surface area contributed by atoms with Gasteiger partial charge in [0.15, 0.2) is 22.4 Å². The number of amides is 1. The molecule has 208 valence electrons. The Balaban J connectivity index is 1.64. The van der Waals surface area contributed by atoms with Gasteiger partial charge in [-0.3, -0.25) is 19.3 Å². The summed E-state index contributed by atoms with van der Waals surface area (Å²) in [5, 5.41) is 11.7. The largest absolute Gasteiger partial charge is 0.507 e. The van der Waals surface area contributed by atoms with Crippen LogP contribution in [0.15, 0.2) is 48.0 Å². The van der Waals surface area contributed by atoms with Crippen molar-refractivity contribution in [1.82, 2.24) is 4.98 Å². The molecule has 3 aromatic rings. The number of Topliss-reactive ketones (excluding diaryl/α,β-unsaturated/α-hetero) is 2. The number of benzene rings is 2. The molecule has 40 heavy (non-hydrogen) atoms.